The van der Waals surface area contributed by atoms with Crippen molar-refractivity contribution >= 4 is 36.8 Å². The Morgan fingerprint density at radius 2 is 1.88 bits per heavy atom. The predicted octanol–water partition coefficient (Wildman–Crippen LogP) is 2.34. The summed E-state index contributed by atoms with van der Waals surface area (Å²) in [6.07, 6.45) is 1.17. The Labute approximate surface area is 200 Å². The van der Waals surface area contributed by atoms with Crippen molar-refractivity contribution in [1.29, 1.82) is 0 Å². The van der Waals surface area contributed by atoms with Crippen molar-refractivity contribution in [3.63, 3.8) is 0 Å². The van der Waals surface area contributed by atoms with Crippen molar-refractivity contribution in [2.75, 3.05) is 26.2 Å². The highest BCUT2D eigenvalue weighted by Gasteiger charge is 2.36. The van der Waals surface area contributed by atoms with Crippen molar-refractivity contribution in [1.82, 2.24) is 19.6 Å². The van der Waals surface area contributed by atoms with Crippen molar-refractivity contribution in [3.05, 3.63) is 47.8 Å². The molecule has 5 N–H and O–H groups in total. The van der Waals surface area contributed by atoms with Crippen molar-refractivity contribution in [2.45, 2.75) is 38.3 Å². The molecule has 1 unspecified atom stereocenters. The van der Waals surface area contributed by atoms with Gasteiger partial charge in [-0.15, -0.1) is 24.8 Å². The average molecular weight is 487 g/mol. The first-order valence-corrected chi connectivity index (χ1v) is 10.3. The van der Waals surface area contributed by atoms with Gasteiger partial charge in [0.1, 0.15) is 0 Å². The molecule has 32 heavy (non-hydrogen) atoms. The number of carbonyl (C=O) groups excluding carboxylic acids is 1. The number of rotatable bonds is 7. The normalized spacial score (nSPS) is 16.7. The zero-order chi connectivity index (χ0) is 21.7. The van der Waals surface area contributed by atoms with Gasteiger partial charge in [-0.25, -0.2) is 9.48 Å². The Bertz CT molecular complexity index is 880. The summed E-state index contributed by atoms with van der Waals surface area (Å²) in [6, 6.07) is 10.3. The van der Waals surface area contributed by atoms with Crippen LogP contribution >= 0.6 is 24.8 Å². The molecule has 0 spiro atoms. The number of aryl methyl sites for hydroxylation is 1. The molecule has 0 saturated carbocycles. The highest BCUT2D eigenvalue weighted by atomic mass is 35.5. The summed E-state index contributed by atoms with van der Waals surface area (Å²) in [5.74, 6) is -0.149. The minimum Gasteiger partial charge on any atom is -0.465 e. The molecular weight excluding hydrogens is 455 g/mol. The van der Waals surface area contributed by atoms with Gasteiger partial charge < -0.3 is 21.5 Å². The molecule has 2 atom stereocenters. The van der Waals surface area contributed by atoms with Gasteiger partial charge in [0.25, 0.3) is 0 Å². The molecule has 1 aliphatic rings. The third-order valence-electron chi connectivity index (χ3n) is 5.43. The maximum absolute atomic E-state index is 12.9. The van der Waals surface area contributed by atoms with Crippen molar-refractivity contribution in [3.8, 4) is 5.69 Å². The van der Waals surface area contributed by atoms with E-state index in [9.17, 15) is 14.7 Å². The quantitative estimate of drug-likeness (QED) is 0.514. The molecule has 0 aliphatic carbocycles. The third-order valence-corrected chi connectivity index (χ3v) is 5.43. The van der Waals surface area contributed by atoms with E-state index in [1.807, 2.05) is 43.3 Å². The van der Waals surface area contributed by atoms with Crippen LogP contribution in [0.1, 0.15) is 36.7 Å². The van der Waals surface area contributed by atoms with Gasteiger partial charge >= 0.3 is 6.09 Å². The highest BCUT2D eigenvalue weighted by Crippen LogP contribution is 2.28. The fourth-order valence-electron chi connectivity index (χ4n) is 3.86. The van der Waals surface area contributed by atoms with Gasteiger partial charge in [0.05, 0.1) is 29.2 Å². The number of hydrogen-bond donors (Lipinski definition) is 3. The zero-order valence-corrected chi connectivity index (χ0v) is 19.7. The summed E-state index contributed by atoms with van der Waals surface area (Å²) in [7, 11) is 0. The molecule has 2 amide bonds. The summed E-state index contributed by atoms with van der Waals surface area (Å²) >= 11 is 0. The first-order valence-electron chi connectivity index (χ1n) is 10.3. The van der Waals surface area contributed by atoms with Crippen molar-refractivity contribution in [2.24, 2.45) is 11.5 Å². The monoisotopic (exact) mass is 486 g/mol. The topological polar surface area (TPSA) is 131 Å². The number of unbranched alkanes of at least 4 members (excludes halogenated alkanes) is 1. The smallest absolute Gasteiger partial charge is 0.407 e. The lowest BCUT2D eigenvalue weighted by atomic mass is 10.0. The molecule has 1 aliphatic heterocycles. The molecule has 0 bridgehead atoms. The lowest BCUT2D eigenvalue weighted by Gasteiger charge is -2.40. The SMILES string of the molecule is Cc1cc([C@@H]2CN(C(=O)C(N)CCCCN)CCN2C(=O)O)n(-c2ccccc2)n1.Cl.Cl. The summed E-state index contributed by atoms with van der Waals surface area (Å²) < 4.78 is 1.76. The van der Waals surface area contributed by atoms with Crippen LogP contribution in [0.25, 0.3) is 5.69 Å². The predicted molar refractivity (Wildman–Crippen MR) is 128 cm³/mol. The van der Waals surface area contributed by atoms with E-state index in [1.54, 1.807) is 9.58 Å². The van der Waals surface area contributed by atoms with Crippen molar-refractivity contribution < 1.29 is 14.7 Å². The van der Waals surface area contributed by atoms with E-state index in [0.29, 0.717) is 19.5 Å². The third kappa shape index (κ3) is 6.35. The average Bonchev–Trinajstić information content (AvgIpc) is 3.15. The molecular formula is C21H32Cl2N6O3. The molecule has 2 aromatic rings. The number of benzene rings is 1. The number of hydrogen-bond acceptors (Lipinski definition) is 5. The largest absolute Gasteiger partial charge is 0.465 e. The number of nitrogens with zero attached hydrogens (tertiary/aromatic N) is 4. The lowest BCUT2D eigenvalue weighted by Crippen LogP contribution is -2.55. The number of amides is 2. The maximum Gasteiger partial charge on any atom is 0.407 e. The van der Waals surface area contributed by atoms with Crippen LogP contribution in [-0.4, -0.2) is 68.9 Å². The van der Waals surface area contributed by atoms with Crippen LogP contribution in [0.2, 0.25) is 0 Å². The molecule has 1 aromatic heterocycles. The molecule has 0 radical (unpaired) electrons. The zero-order valence-electron chi connectivity index (χ0n) is 18.1. The van der Waals surface area contributed by atoms with E-state index in [4.69, 9.17) is 11.5 Å². The number of piperazine rings is 1. The molecule has 9 nitrogen and oxygen atoms in total. The van der Waals surface area contributed by atoms with E-state index in [2.05, 4.69) is 5.10 Å². The van der Waals surface area contributed by atoms with E-state index < -0.39 is 18.2 Å². The van der Waals surface area contributed by atoms with Crippen LogP contribution in [0.15, 0.2) is 36.4 Å². The van der Waals surface area contributed by atoms with Crippen LogP contribution in [-0.2, 0) is 4.79 Å². The fraction of sp³-hybridized carbons (Fsp3) is 0.476. The number of aromatic nitrogens is 2. The molecule has 3 rings (SSSR count). The summed E-state index contributed by atoms with van der Waals surface area (Å²) in [6.45, 7) is 3.23. The Balaban J connectivity index is 0.00000256. The van der Waals surface area contributed by atoms with Gasteiger partial charge in [-0.1, -0.05) is 24.6 Å². The number of carboxylic acid groups (broad SMARTS) is 1. The molecule has 1 saturated heterocycles. The van der Waals surface area contributed by atoms with Crippen LogP contribution in [0, 0.1) is 6.92 Å². The first kappa shape index (κ1) is 27.7. The molecule has 11 heteroatoms. The summed E-state index contributed by atoms with van der Waals surface area (Å²) in [5, 5.41) is 14.3. The van der Waals surface area contributed by atoms with Crippen LogP contribution in [0.4, 0.5) is 4.79 Å². The Kier molecular flexibility index (Phi) is 10.9. The van der Waals surface area contributed by atoms with E-state index in [1.165, 1.54) is 4.90 Å². The van der Waals surface area contributed by atoms with Crippen LogP contribution < -0.4 is 11.5 Å². The fourth-order valence-corrected chi connectivity index (χ4v) is 3.86. The van der Waals surface area contributed by atoms with E-state index in [-0.39, 0.29) is 43.8 Å². The number of nitrogens with two attached hydrogens (primary N) is 2. The standard InChI is InChI=1S/C21H30N6O3.2ClH/c1-15-13-18(27(24-15)16-7-3-2-4-8-16)19-14-25(11-12-26(19)21(29)30)20(28)17(23)9-5-6-10-22;;/h2-4,7-8,13,17,19H,5-6,9-12,14,22-23H2,1H3,(H,29,30);2*1H/t17?,19-;;/m0../s1. The van der Waals surface area contributed by atoms with Crippen LogP contribution in [0.5, 0.6) is 0 Å². The molecule has 1 aromatic carbocycles. The second-order valence-electron chi connectivity index (χ2n) is 7.62. The molecule has 1 fully saturated rings. The number of halogens is 2. The summed E-state index contributed by atoms with van der Waals surface area (Å²) in [4.78, 5) is 27.9. The van der Waals surface area contributed by atoms with Gasteiger partial charge in [0.2, 0.25) is 5.91 Å². The highest BCUT2D eigenvalue weighted by molar-refractivity contribution is 5.85. The van der Waals surface area contributed by atoms with Gasteiger partial charge in [-0.3, -0.25) is 9.69 Å². The molecule has 178 valence electrons. The Morgan fingerprint density at radius 3 is 2.50 bits per heavy atom. The summed E-state index contributed by atoms with van der Waals surface area (Å²) in [5.41, 5.74) is 14.0. The maximum atomic E-state index is 12.9. The second kappa shape index (κ2) is 12.6. The van der Waals surface area contributed by atoms with Gasteiger partial charge in [0.15, 0.2) is 0 Å². The minimum absolute atomic E-state index is 0. The second-order valence-corrected chi connectivity index (χ2v) is 7.62. The lowest BCUT2D eigenvalue weighted by molar-refractivity contribution is -0.135. The number of carbonyl (C=O) groups is 2. The Hall–Kier alpha value is -2.33. The minimum atomic E-state index is -1.02. The van der Waals surface area contributed by atoms with Gasteiger partial charge in [-0.05, 0) is 44.5 Å². The Morgan fingerprint density at radius 1 is 1.19 bits per heavy atom. The molecule has 2 heterocycles. The van der Waals surface area contributed by atoms with E-state index in [0.717, 1.165) is 29.9 Å². The van der Waals surface area contributed by atoms with Gasteiger partial charge in [-0.2, -0.15) is 5.10 Å². The van der Waals surface area contributed by atoms with Gasteiger partial charge in [0, 0.05) is 19.6 Å². The van der Waals surface area contributed by atoms with E-state index >= 15 is 0 Å². The van der Waals surface area contributed by atoms with Crippen LogP contribution in [0.3, 0.4) is 0 Å². The first-order chi connectivity index (χ1) is 14.4. The number of para-hydroxylation sites is 1.